The van der Waals surface area contributed by atoms with E-state index in [0.29, 0.717) is 0 Å². The smallest absolute Gasteiger partial charge is 0.392 e. The zero-order chi connectivity index (χ0) is 12.3. The summed E-state index contributed by atoms with van der Waals surface area (Å²) in [6.45, 7) is -1.56. The van der Waals surface area contributed by atoms with Gasteiger partial charge < -0.3 is 9.84 Å². The van der Waals surface area contributed by atoms with Gasteiger partial charge in [0.25, 0.3) is 0 Å². The van der Waals surface area contributed by atoms with E-state index in [0.717, 1.165) is 0 Å². The quantitative estimate of drug-likeness (QED) is 0.673. The first-order valence-corrected chi connectivity index (χ1v) is 5.06. The second-order valence-electron chi connectivity index (χ2n) is 2.72. The summed E-state index contributed by atoms with van der Waals surface area (Å²) in [4.78, 5) is 3.36. The highest BCUT2D eigenvalue weighted by Gasteiger charge is 2.33. The highest BCUT2D eigenvalue weighted by Crippen LogP contribution is 2.27. The van der Waals surface area contributed by atoms with Crippen LogP contribution in [0.2, 0.25) is 0 Å². The number of pyridine rings is 1. The van der Waals surface area contributed by atoms with Gasteiger partial charge in [-0.1, -0.05) is 0 Å². The Morgan fingerprint density at radius 2 is 2.06 bits per heavy atom. The molecule has 1 heterocycles. The molecule has 0 atom stereocenters. The predicted octanol–water partition coefficient (Wildman–Crippen LogP) is 2.55. The van der Waals surface area contributed by atoms with Gasteiger partial charge >= 0.3 is 6.36 Å². The summed E-state index contributed by atoms with van der Waals surface area (Å²) in [5.74, 6) is -0.710. The molecule has 0 fully saturated rings. The highest BCUT2D eigenvalue weighted by atomic mass is 127. The van der Waals surface area contributed by atoms with Crippen LogP contribution in [-0.4, -0.2) is 16.5 Å². The lowest BCUT2D eigenvalue weighted by molar-refractivity contribution is -0.276. The zero-order valence-corrected chi connectivity index (χ0v) is 9.84. The molecule has 16 heavy (non-hydrogen) atoms. The Labute approximate surface area is 102 Å². The van der Waals surface area contributed by atoms with Gasteiger partial charge in [-0.15, -0.1) is 13.2 Å². The lowest BCUT2D eigenvalue weighted by atomic mass is 10.2. The Morgan fingerprint density at radius 1 is 1.44 bits per heavy atom. The van der Waals surface area contributed by atoms with Crippen LogP contribution in [-0.2, 0) is 13.3 Å². The number of nitrogens with zero attached hydrogens (tertiary/aromatic N) is 1. The lowest BCUT2D eigenvalue weighted by Crippen LogP contribution is -2.19. The van der Waals surface area contributed by atoms with Crippen molar-refractivity contribution in [3.05, 3.63) is 20.9 Å². The van der Waals surface area contributed by atoms with Crippen LogP contribution in [0.1, 0.15) is 11.3 Å². The number of alkyl halides is 4. The fourth-order valence-electron chi connectivity index (χ4n) is 0.980. The molecule has 0 unspecified atom stereocenters. The summed E-state index contributed by atoms with van der Waals surface area (Å²) in [6, 6.07) is 1.20. The van der Waals surface area contributed by atoms with Crippen LogP contribution >= 0.6 is 22.6 Å². The van der Waals surface area contributed by atoms with Crippen LogP contribution in [0.15, 0.2) is 6.07 Å². The van der Waals surface area contributed by atoms with Gasteiger partial charge in [-0.2, -0.15) is 0 Å². The van der Waals surface area contributed by atoms with Crippen molar-refractivity contribution in [3.63, 3.8) is 0 Å². The normalized spacial score (nSPS) is 11.6. The van der Waals surface area contributed by atoms with Gasteiger partial charge in [0.15, 0.2) is 0 Å². The Bertz CT molecular complexity index is 383. The van der Waals surface area contributed by atoms with E-state index in [-0.39, 0.29) is 14.8 Å². The molecule has 0 aliphatic rings. The monoisotopic (exact) mass is 351 g/mol. The maximum absolute atomic E-state index is 12.4. The van der Waals surface area contributed by atoms with Gasteiger partial charge in [0.1, 0.15) is 6.67 Å². The van der Waals surface area contributed by atoms with Crippen LogP contribution in [0.5, 0.6) is 5.88 Å². The summed E-state index contributed by atoms with van der Waals surface area (Å²) in [5, 5.41) is 8.82. The number of aliphatic hydroxyl groups is 1. The average Bonchev–Trinajstić information content (AvgIpc) is 2.18. The molecular formula is C8H6F4INO2. The molecule has 0 aliphatic heterocycles. The van der Waals surface area contributed by atoms with E-state index < -0.39 is 25.5 Å². The molecule has 0 aromatic carbocycles. The van der Waals surface area contributed by atoms with Crippen LogP contribution in [0.3, 0.4) is 0 Å². The fourth-order valence-corrected chi connectivity index (χ4v) is 1.59. The highest BCUT2D eigenvalue weighted by molar-refractivity contribution is 14.1. The van der Waals surface area contributed by atoms with Crippen LogP contribution < -0.4 is 4.74 Å². The maximum atomic E-state index is 12.4. The van der Waals surface area contributed by atoms with Crippen LogP contribution in [0.4, 0.5) is 17.6 Å². The summed E-state index contributed by atoms with van der Waals surface area (Å²) < 4.78 is 51.9. The second-order valence-corrected chi connectivity index (χ2v) is 3.88. The Balaban J connectivity index is 3.11. The minimum atomic E-state index is -4.87. The van der Waals surface area contributed by atoms with Crippen molar-refractivity contribution >= 4 is 22.6 Å². The van der Waals surface area contributed by atoms with Crippen LogP contribution in [0, 0.1) is 3.57 Å². The number of ether oxygens (including phenoxy) is 1. The zero-order valence-electron chi connectivity index (χ0n) is 7.68. The van der Waals surface area contributed by atoms with E-state index in [2.05, 4.69) is 9.72 Å². The minimum Gasteiger partial charge on any atom is -0.392 e. The Kier molecular flexibility index (Phi) is 4.30. The van der Waals surface area contributed by atoms with E-state index in [1.807, 2.05) is 0 Å². The van der Waals surface area contributed by atoms with Gasteiger partial charge in [0, 0.05) is 5.56 Å². The molecule has 8 heteroatoms. The largest absolute Gasteiger partial charge is 0.574 e. The van der Waals surface area contributed by atoms with E-state index >= 15 is 0 Å². The number of hydrogen-bond donors (Lipinski definition) is 1. The van der Waals surface area contributed by atoms with Gasteiger partial charge in [-0.25, -0.2) is 9.37 Å². The SMILES string of the molecule is OCc1cc(I)c(OC(F)(F)F)nc1CF. The van der Waals surface area contributed by atoms with Crippen molar-refractivity contribution in [2.45, 2.75) is 19.6 Å². The first-order valence-electron chi connectivity index (χ1n) is 3.98. The van der Waals surface area contributed by atoms with Crippen molar-refractivity contribution in [1.82, 2.24) is 4.98 Å². The summed E-state index contributed by atoms with van der Waals surface area (Å²) in [6.07, 6.45) is -4.87. The predicted molar refractivity (Wildman–Crippen MR) is 54.4 cm³/mol. The van der Waals surface area contributed by atoms with Crippen LogP contribution in [0.25, 0.3) is 0 Å². The molecule has 1 aromatic rings. The van der Waals surface area contributed by atoms with E-state index in [1.54, 1.807) is 22.6 Å². The van der Waals surface area contributed by atoms with E-state index in [1.165, 1.54) is 6.07 Å². The molecule has 90 valence electrons. The molecule has 0 aliphatic carbocycles. The van der Waals surface area contributed by atoms with Crippen molar-refractivity contribution in [3.8, 4) is 5.88 Å². The molecule has 1 rings (SSSR count). The van der Waals surface area contributed by atoms with Crippen molar-refractivity contribution in [2.75, 3.05) is 0 Å². The molecular weight excluding hydrogens is 345 g/mol. The summed E-state index contributed by atoms with van der Waals surface area (Å²) in [5.41, 5.74) is -0.122. The molecule has 1 aromatic heterocycles. The van der Waals surface area contributed by atoms with Crippen molar-refractivity contribution in [2.24, 2.45) is 0 Å². The maximum Gasteiger partial charge on any atom is 0.574 e. The first-order chi connectivity index (χ1) is 7.37. The molecule has 0 spiro atoms. The second kappa shape index (κ2) is 5.13. The van der Waals surface area contributed by atoms with E-state index in [9.17, 15) is 17.6 Å². The summed E-state index contributed by atoms with van der Waals surface area (Å²) in [7, 11) is 0. The standard InChI is InChI=1S/C8H6F4INO2/c9-2-6-4(3-15)1-5(13)7(14-6)16-8(10,11)12/h1,15H,2-3H2. The fraction of sp³-hybridized carbons (Fsp3) is 0.375. The first kappa shape index (κ1) is 13.4. The molecule has 0 saturated heterocycles. The molecule has 0 radical (unpaired) electrons. The Morgan fingerprint density at radius 3 is 2.50 bits per heavy atom. The topological polar surface area (TPSA) is 42.4 Å². The third kappa shape index (κ3) is 3.44. The van der Waals surface area contributed by atoms with Gasteiger partial charge in [-0.3, -0.25) is 0 Å². The number of aromatic nitrogens is 1. The number of hydrogen-bond acceptors (Lipinski definition) is 3. The van der Waals surface area contributed by atoms with Gasteiger partial charge in [0.2, 0.25) is 5.88 Å². The molecule has 0 bridgehead atoms. The third-order valence-corrected chi connectivity index (χ3v) is 2.39. The Hall–Kier alpha value is -0.640. The van der Waals surface area contributed by atoms with E-state index in [4.69, 9.17) is 5.11 Å². The van der Waals surface area contributed by atoms with Crippen molar-refractivity contribution in [1.29, 1.82) is 0 Å². The summed E-state index contributed by atoms with van der Waals surface area (Å²) >= 11 is 1.56. The van der Waals surface area contributed by atoms with Gasteiger partial charge in [-0.05, 0) is 28.7 Å². The van der Waals surface area contributed by atoms with Crippen molar-refractivity contribution < 1.29 is 27.4 Å². The molecule has 0 amide bonds. The number of aliphatic hydroxyl groups excluding tert-OH is 1. The lowest BCUT2D eigenvalue weighted by Gasteiger charge is -2.12. The van der Waals surface area contributed by atoms with Gasteiger partial charge in [0.05, 0.1) is 15.9 Å². The third-order valence-electron chi connectivity index (χ3n) is 1.62. The molecule has 3 nitrogen and oxygen atoms in total. The minimum absolute atomic E-state index is 0.0520. The molecule has 0 saturated carbocycles. The number of halogens is 5. The molecule has 1 N–H and O–H groups in total. The number of rotatable bonds is 3. The average molecular weight is 351 g/mol.